The Labute approximate surface area is 113 Å². The zero-order valence-corrected chi connectivity index (χ0v) is 11.9. The molecule has 0 saturated heterocycles. The molecule has 0 atom stereocenters. The summed E-state index contributed by atoms with van der Waals surface area (Å²) in [6.45, 7) is 0. The summed E-state index contributed by atoms with van der Waals surface area (Å²) in [5, 5.41) is 0.718. The number of ether oxygens (including phenoxy) is 1. The fourth-order valence-electron chi connectivity index (χ4n) is 1.75. The molecule has 0 unspecified atom stereocenters. The number of rotatable bonds is 4. The SMILES string of the molecule is COc1ccc2cc(C(=O)C[S+](C)C)c(=O)oc2c1. The summed E-state index contributed by atoms with van der Waals surface area (Å²) in [6.07, 6.45) is 3.93. The van der Waals surface area contributed by atoms with Crippen LogP contribution in [0.4, 0.5) is 0 Å². The summed E-state index contributed by atoms with van der Waals surface area (Å²) in [7, 11) is 1.50. The molecule has 0 bridgehead atoms. The average Bonchev–Trinajstić information content (AvgIpc) is 2.36. The van der Waals surface area contributed by atoms with Crippen LogP contribution in [0.2, 0.25) is 0 Å². The highest BCUT2D eigenvalue weighted by atomic mass is 32.2. The van der Waals surface area contributed by atoms with E-state index in [1.807, 2.05) is 12.5 Å². The van der Waals surface area contributed by atoms with Gasteiger partial charge in [0.2, 0.25) is 5.78 Å². The van der Waals surface area contributed by atoms with Crippen molar-refractivity contribution >= 4 is 27.6 Å². The number of benzene rings is 1. The smallest absolute Gasteiger partial charge is 0.347 e. The molecule has 0 radical (unpaired) electrons. The van der Waals surface area contributed by atoms with Gasteiger partial charge in [0, 0.05) is 11.5 Å². The van der Waals surface area contributed by atoms with Crippen molar-refractivity contribution < 1.29 is 13.9 Å². The summed E-state index contributed by atoms with van der Waals surface area (Å²) in [5.74, 6) is 0.810. The van der Waals surface area contributed by atoms with E-state index in [1.54, 1.807) is 31.4 Å². The number of hydrogen-bond donors (Lipinski definition) is 0. The summed E-state index contributed by atoms with van der Waals surface area (Å²) in [4.78, 5) is 23.8. The standard InChI is InChI=1S/C14H15O4S/c1-17-10-5-4-9-6-11(12(15)8-19(2)3)14(16)18-13(9)7-10/h4-7H,8H2,1-3H3/q+1. The number of fused-ring (bicyclic) bond motifs is 1. The molecule has 0 spiro atoms. The first-order valence-electron chi connectivity index (χ1n) is 5.70. The van der Waals surface area contributed by atoms with Gasteiger partial charge in [-0.2, -0.15) is 0 Å². The van der Waals surface area contributed by atoms with Gasteiger partial charge in [0.15, 0.2) is 5.75 Å². The molecule has 2 rings (SSSR count). The maximum Gasteiger partial charge on any atom is 0.347 e. The van der Waals surface area contributed by atoms with E-state index in [2.05, 4.69) is 0 Å². The zero-order valence-electron chi connectivity index (χ0n) is 11.1. The number of carbonyl (C=O) groups is 1. The van der Waals surface area contributed by atoms with E-state index >= 15 is 0 Å². The first-order chi connectivity index (χ1) is 9.01. The second-order valence-corrected chi connectivity index (χ2v) is 6.66. The molecule has 0 aliphatic heterocycles. The fraction of sp³-hybridized carbons (Fsp3) is 0.286. The Morgan fingerprint density at radius 3 is 2.68 bits per heavy atom. The van der Waals surface area contributed by atoms with E-state index in [4.69, 9.17) is 9.15 Å². The van der Waals surface area contributed by atoms with Gasteiger partial charge in [-0.1, -0.05) is 0 Å². The van der Waals surface area contributed by atoms with Crippen molar-refractivity contribution in [3.05, 3.63) is 40.2 Å². The predicted octanol–water partition coefficient (Wildman–Crippen LogP) is 1.86. The molecule has 0 aliphatic rings. The molecular weight excluding hydrogens is 264 g/mol. The van der Waals surface area contributed by atoms with Crippen LogP contribution in [-0.4, -0.2) is 31.2 Å². The monoisotopic (exact) mass is 279 g/mol. The molecule has 0 fully saturated rings. The van der Waals surface area contributed by atoms with Crippen molar-refractivity contribution in [2.75, 3.05) is 25.4 Å². The molecule has 0 saturated carbocycles. The van der Waals surface area contributed by atoms with Crippen molar-refractivity contribution in [2.45, 2.75) is 0 Å². The molecule has 0 aliphatic carbocycles. The summed E-state index contributed by atoms with van der Waals surface area (Å²) < 4.78 is 10.2. The molecule has 1 heterocycles. The average molecular weight is 279 g/mol. The third-order valence-electron chi connectivity index (χ3n) is 2.66. The maximum atomic E-state index is 12.0. The Morgan fingerprint density at radius 1 is 1.32 bits per heavy atom. The summed E-state index contributed by atoms with van der Waals surface area (Å²) in [6, 6.07) is 6.76. The molecule has 100 valence electrons. The first kappa shape index (κ1) is 13.7. The van der Waals surface area contributed by atoms with Crippen LogP contribution in [0.15, 0.2) is 33.5 Å². The summed E-state index contributed by atoms with van der Waals surface area (Å²) in [5.41, 5.74) is -0.0389. The quantitative estimate of drug-likeness (QED) is 0.487. The van der Waals surface area contributed by atoms with E-state index in [-0.39, 0.29) is 22.2 Å². The van der Waals surface area contributed by atoms with Crippen LogP contribution < -0.4 is 10.4 Å². The van der Waals surface area contributed by atoms with Gasteiger partial charge in [0.25, 0.3) is 0 Å². The van der Waals surface area contributed by atoms with Crippen LogP contribution >= 0.6 is 0 Å². The van der Waals surface area contributed by atoms with Crippen molar-refractivity contribution in [2.24, 2.45) is 0 Å². The molecule has 0 amide bonds. The zero-order chi connectivity index (χ0) is 14.0. The molecule has 5 heteroatoms. The molecule has 4 nitrogen and oxygen atoms in total. The van der Waals surface area contributed by atoms with E-state index < -0.39 is 5.63 Å². The Hall–Kier alpha value is -1.75. The highest BCUT2D eigenvalue weighted by Gasteiger charge is 2.19. The van der Waals surface area contributed by atoms with Crippen molar-refractivity contribution in [1.29, 1.82) is 0 Å². The Bertz CT molecular complexity index is 673. The Balaban J connectivity index is 2.50. The number of methoxy groups -OCH3 is 1. The van der Waals surface area contributed by atoms with Gasteiger partial charge in [0.05, 0.1) is 19.6 Å². The van der Waals surface area contributed by atoms with Gasteiger partial charge in [-0.3, -0.25) is 4.79 Å². The fourth-order valence-corrected chi connectivity index (χ4v) is 2.43. The minimum atomic E-state index is -0.587. The van der Waals surface area contributed by atoms with Crippen LogP contribution in [0, 0.1) is 0 Å². The van der Waals surface area contributed by atoms with Gasteiger partial charge < -0.3 is 9.15 Å². The molecule has 1 aromatic heterocycles. The molecule has 0 N–H and O–H groups in total. The topological polar surface area (TPSA) is 56.5 Å². The van der Waals surface area contributed by atoms with Gasteiger partial charge in [-0.15, -0.1) is 0 Å². The van der Waals surface area contributed by atoms with E-state index in [0.717, 1.165) is 5.39 Å². The normalized spacial score (nSPS) is 10.9. The third-order valence-corrected chi connectivity index (χ3v) is 3.50. The van der Waals surface area contributed by atoms with Gasteiger partial charge in [-0.05, 0) is 29.1 Å². The number of carbonyl (C=O) groups excluding carboxylic acids is 1. The van der Waals surface area contributed by atoms with Gasteiger partial charge in [-0.25, -0.2) is 4.79 Å². The Morgan fingerprint density at radius 2 is 2.05 bits per heavy atom. The second kappa shape index (κ2) is 5.48. The van der Waals surface area contributed by atoms with E-state index in [9.17, 15) is 9.59 Å². The maximum absolute atomic E-state index is 12.0. The number of hydrogen-bond acceptors (Lipinski definition) is 4. The van der Waals surface area contributed by atoms with Crippen LogP contribution in [0.5, 0.6) is 5.75 Å². The highest BCUT2D eigenvalue weighted by Crippen LogP contribution is 2.20. The minimum Gasteiger partial charge on any atom is -0.497 e. The Kier molecular flexibility index (Phi) is 3.95. The van der Waals surface area contributed by atoms with Gasteiger partial charge in [0.1, 0.15) is 16.9 Å². The lowest BCUT2D eigenvalue weighted by atomic mass is 10.1. The highest BCUT2D eigenvalue weighted by molar-refractivity contribution is 7.96. The lowest BCUT2D eigenvalue weighted by molar-refractivity contribution is 0.101. The lowest BCUT2D eigenvalue weighted by Crippen LogP contribution is -2.20. The van der Waals surface area contributed by atoms with Gasteiger partial charge >= 0.3 is 5.63 Å². The largest absolute Gasteiger partial charge is 0.497 e. The molecule has 19 heavy (non-hydrogen) atoms. The lowest BCUT2D eigenvalue weighted by Gasteiger charge is -2.03. The first-order valence-corrected chi connectivity index (χ1v) is 7.91. The predicted molar refractivity (Wildman–Crippen MR) is 77.4 cm³/mol. The van der Waals surface area contributed by atoms with Crippen molar-refractivity contribution in [3.63, 3.8) is 0 Å². The molecule has 2 aromatic rings. The van der Waals surface area contributed by atoms with Crippen molar-refractivity contribution in [1.82, 2.24) is 0 Å². The molecule has 1 aromatic carbocycles. The van der Waals surface area contributed by atoms with Crippen molar-refractivity contribution in [3.8, 4) is 5.75 Å². The van der Waals surface area contributed by atoms with Crippen LogP contribution in [0.1, 0.15) is 10.4 Å². The molecular formula is C14H15O4S+. The van der Waals surface area contributed by atoms with Crippen LogP contribution in [-0.2, 0) is 10.9 Å². The van der Waals surface area contributed by atoms with E-state index in [1.165, 1.54) is 0 Å². The minimum absolute atomic E-state index is 0.0433. The summed E-state index contributed by atoms with van der Waals surface area (Å²) >= 11 is 0. The van der Waals surface area contributed by atoms with E-state index in [0.29, 0.717) is 17.1 Å². The third kappa shape index (κ3) is 2.98. The number of Topliss-reactive ketones (excluding diaryl/α,β-unsaturated/α-hetero) is 1. The second-order valence-electron chi connectivity index (χ2n) is 4.40. The van der Waals surface area contributed by atoms with Crippen LogP contribution in [0.3, 0.4) is 0 Å². The number of ketones is 1. The van der Waals surface area contributed by atoms with Crippen LogP contribution in [0.25, 0.3) is 11.0 Å².